The molecule has 0 fully saturated rings. The maximum absolute atomic E-state index is 12.1. The van der Waals surface area contributed by atoms with Gasteiger partial charge in [-0.1, -0.05) is 25.1 Å². The number of anilines is 1. The number of nitrogens with zero attached hydrogens (tertiary/aromatic N) is 1. The maximum Gasteiger partial charge on any atom is 0.334 e. The van der Waals surface area contributed by atoms with Crippen LogP contribution in [-0.4, -0.2) is 41.4 Å². The predicted octanol–water partition coefficient (Wildman–Crippen LogP) is 0.840. The lowest BCUT2D eigenvalue weighted by atomic mass is 9.94. The summed E-state index contributed by atoms with van der Waals surface area (Å²) in [7, 11) is 0. The van der Waals surface area contributed by atoms with E-state index in [0.29, 0.717) is 12.5 Å². The summed E-state index contributed by atoms with van der Waals surface area (Å²) in [6, 6.07) is 7.26. The van der Waals surface area contributed by atoms with E-state index in [2.05, 4.69) is 12.2 Å². The first-order valence-electron chi connectivity index (χ1n) is 6.53. The molecule has 1 aliphatic heterocycles. The second-order valence-electron chi connectivity index (χ2n) is 5.09. The highest BCUT2D eigenvalue weighted by molar-refractivity contribution is 5.93. The van der Waals surface area contributed by atoms with Gasteiger partial charge in [0.1, 0.15) is 0 Å². The van der Waals surface area contributed by atoms with Gasteiger partial charge in [-0.05, 0) is 24.0 Å². The zero-order valence-corrected chi connectivity index (χ0v) is 11.2. The molecule has 0 bridgehead atoms. The first-order valence-corrected chi connectivity index (χ1v) is 6.53. The summed E-state index contributed by atoms with van der Waals surface area (Å²) in [5.74, 6) is -1.02. The Morgan fingerprint density at radius 1 is 1.45 bits per heavy atom. The standard InChI is InChI=1S/C14H18N2O4/c1-9-6-10-4-2-3-5-11(10)16(8-9)14(20)15-7-12(17)13(18)19/h2-5,9,12,17H,6-8H2,1H3,(H,15,20)(H,18,19)/t9?,12-/m0/s1. The Kier molecular flexibility index (Phi) is 4.24. The van der Waals surface area contributed by atoms with Gasteiger partial charge in [0.05, 0.1) is 6.54 Å². The number of hydrogen-bond donors (Lipinski definition) is 3. The van der Waals surface area contributed by atoms with Crippen molar-refractivity contribution in [2.45, 2.75) is 19.4 Å². The number of carboxylic acid groups (broad SMARTS) is 1. The number of para-hydroxylation sites is 1. The summed E-state index contributed by atoms with van der Waals surface area (Å²) in [6.07, 6.45) is -0.672. The summed E-state index contributed by atoms with van der Waals surface area (Å²) in [4.78, 5) is 24.3. The van der Waals surface area contributed by atoms with Crippen LogP contribution in [0.4, 0.5) is 10.5 Å². The number of carbonyl (C=O) groups excluding carboxylic acids is 1. The lowest BCUT2D eigenvalue weighted by molar-refractivity contribution is -0.146. The van der Waals surface area contributed by atoms with E-state index in [9.17, 15) is 14.7 Å². The third-order valence-corrected chi connectivity index (χ3v) is 3.32. The van der Waals surface area contributed by atoms with Gasteiger partial charge in [-0.2, -0.15) is 0 Å². The minimum absolute atomic E-state index is 0.304. The first-order chi connectivity index (χ1) is 9.49. The molecule has 3 N–H and O–H groups in total. The van der Waals surface area contributed by atoms with Crippen LogP contribution >= 0.6 is 0 Å². The molecule has 0 aliphatic carbocycles. The molecule has 108 valence electrons. The number of carboxylic acids is 1. The molecule has 1 aliphatic rings. The fourth-order valence-corrected chi connectivity index (χ4v) is 2.36. The number of carbonyl (C=O) groups is 2. The number of urea groups is 1. The lowest BCUT2D eigenvalue weighted by Gasteiger charge is -2.33. The van der Waals surface area contributed by atoms with E-state index in [1.807, 2.05) is 24.3 Å². The Balaban J connectivity index is 2.08. The Morgan fingerprint density at radius 2 is 2.15 bits per heavy atom. The van der Waals surface area contributed by atoms with E-state index >= 15 is 0 Å². The molecule has 0 saturated heterocycles. The zero-order chi connectivity index (χ0) is 14.7. The van der Waals surface area contributed by atoms with Crippen molar-refractivity contribution in [2.24, 2.45) is 5.92 Å². The Bertz CT molecular complexity index is 518. The summed E-state index contributed by atoms with van der Waals surface area (Å²) in [6.45, 7) is 2.33. The van der Waals surface area contributed by atoms with Gasteiger partial charge in [-0.3, -0.25) is 4.90 Å². The molecular weight excluding hydrogens is 260 g/mol. The van der Waals surface area contributed by atoms with Gasteiger partial charge in [-0.15, -0.1) is 0 Å². The number of amides is 2. The van der Waals surface area contributed by atoms with E-state index in [1.165, 1.54) is 0 Å². The lowest BCUT2D eigenvalue weighted by Crippen LogP contribution is -2.48. The van der Waals surface area contributed by atoms with E-state index in [1.54, 1.807) is 4.90 Å². The van der Waals surface area contributed by atoms with Crippen LogP contribution in [0.2, 0.25) is 0 Å². The van der Waals surface area contributed by atoms with Crippen molar-refractivity contribution in [1.29, 1.82) is 0 Å². The van der Waals surface area contributed by atoms with Gasteiger partial charge in [0.2, 0.25) is 0 Å². The zero-order valence-electron chi connectivity index (χ0n) is 11.2. The second-order valence-corrected chi connectivity index (χ2v) is 5.09. The topological polar surface area (TPSA) is 89.9 Å². The van der Waals surface area contributed by atoms with E-state index in [4.69, 9.17) is 5.11 Å². The van der Waals surface area contributed by atoms with Gasteiger partial charge >= 0.3 is 12.0 Å². The summed E-state index contributed by atoms with van der Waals surface area (Å²) in [5, 5.41) is 20.2. The highest BCUT2D eigenvalue weighted by Gasteiger charge is 2.26. The van der Waals surface area contributed by atoms with Crippen molar-refractivity contribution in [2.75, 3.05) is 18.0 Å². The van der Waals surface area contributed by atoms with Crippen LogP contribution in [0.5, 0.6) is 0 Å². The van der Waals surface area contributed by atoms with Gasteiger partial charge in [0.15, 0.2) is 6.10 Å². The fraction of sp³-hybridized carbons (Fsp3) is 0.429. The maximum atomic E-state index is 12.1. The smallest absolute Gasteiger partial charge is 0.334 e. The molecule has 0 saturated carbocycles. The number of nitrogens with one attached hydrogen (secondary N) is 1. The average Bonchev–Trinajstić information content (AvgIpc) is 2.43. The van der Waals surface area contributed by atoms with E-state index < -0.39 is 12.1 Å². The van der Waals surface area contributed by atoms with Crippen molar-refractivity contribution in [3.8, 4) is 0 Å². The molecular formula is C14H18N2O4. The number of fused-ring (bicyclic) bond motifs is 1. The molecule has 1 aromatic rings. The Morgan fingerprint density at radius 3 is 2.85 bits per heavy atom. The molecule has 2 atom stereocenters. The highest BCUT2D eigenvalue weighted by Crippen LogP contribution is 2.29. The number of aliphatic carboxylic acids is 1. The SMILES string of the molecule is CC1Cc2ccccc2N(C(=O)NC[C@H](O)C(=O)O)C1. The van der Waals surface area contributed by atoms with Crippen molar-refractivity contribution in [1.82, 2.24) is 5.32 Å². The molecule has 0 aromatic heterocycles. The largest absolute Gasteiger partial charge is 0.479 e. The van der Waals surface area contributed by atoms with Crippen molar-refractivity contribution >= 4 is 17.7 Å². The third-order valence-electron chi connectivity index (χ3n) is 3.32. The van der Waals surface area contributed by atoms with E-state index in [-0.39, 0.29) is 12.6 Å². The van der Waals surface area contributed by atoms with E-state index in [0.717, 1.165) is 17.7 Å². The van der Waals surface area contributed by atoms with Crippen LogP contribution in [0.15, 0.2) is 24.3 Å². The third kappa shape index (κ3) is 3.08. The molecule has 2 rings (SSSR count). The quantitative estimate of drug-likeness (QED) is 0.764. The fourth-order valence-electron chi connectivity index (χ4n) is 2.36. The summed E-state index contributed by atoms with van der Waals surface area (Å²) in [5.41, 5.74) is 1.94. The number of rotatable bonds is 3. The van der Waals surface area contributed by atoms with Crippen LogP contribution in [0.3, 0.4) is 0 Å². The normalized spacial score (nSPS) is 19.1. The molecule has 0 spiro atoms. The average molecular weight is 278 g/mol. The molecule has 6 nitrogen and oxygen atoms in total. The van der Waals surface area contributed by atoms with Crippen LogP contribution in [0.1, 0.15) is 12.5 Å². The van der Waals surface area contributed by atoms with Crippen LogP contribution in [0.25, 0.3) is 0 Å². The summed E-state index contributed by atoms with van der Waals surface area (Å²) >= 11 is 0. The number of benzene rings is 1. The predicted molar refractivity (Wildman–Crippen MR) is 73.7 cm³/mol. The van der Waals surface area contributed by atoms with Crippen molar-refractivity contribution in [3.05, 3.63) is 29.8 Å². The second kappa shape index (κ2) is 5.92. The molecule has 1 aromatic carbocycles. The number of aliphatic hydroxyl groups excluding tert-OH is 1. The number of hydrogen-bond acceptors (Lipinski definition) is 3. The van der Waals surface area contributed by atoms with Crippen molar-refractivity contribution < 1.29 is 19.8 Å². The minimum atomic E-state index is -1.59. The Labute approximate surface area is 117 Å². The van der Waals surface area contributed by atoms with Gasteiger partial charge < -0.3 is 15.5 Å². The molecule has 0 radical (unpaired) electrons. The molecule has 20 heavy (non-hydrogen) atoms. The van der Waals surface area contributed by atoms with Gasteiger partial charge in [0, 0.05) is 12.2 Å². The van der Waals surface area contributed by atoms with Gasteiger partial charge in [0.25, 0.3) is 0 Å². The van der Waals surface area contributed by atoms with Gasteiger partial charge in [-0.25, -0.2) is 9.59 Å². The molecule has 1 unspecified atom stereocenters. The molecule has 6 heteroatoms. The highest BCUT2D eigenvalue weighted by atomic mass is 16.4. The monoisotopic (exact) mass is 278 g/mol. The van der Waals surface area contributed by atoms with Crippen LogP contribution in [0, 0.1) is 5.92 Å². The molecule has 2 amide bonds. The molecule has 1 heterocycles. The number of aliphatic hydroxyl groups is 1. The van der Waals surface area contributed by atoms with Crippen LogP contribution < -0.4 is 10.2 Å². The first kappa shape index (κ1) is 14.3. The van der Waals surface area contributed by atoms with Crippen molar-refractivity contribution in [3.63, 3.8) is 0 Å². The van der Waals surface area contributed by atoms with Crippen LogP contribution in [-0.2, 0) is 11.2 Å². The Hall–Kier alpha value is -2.08. The summed E-state index contributed by atoms with van der Waals surface area (Å²) < 4.78 is 0. The minimum Gasteiger partial charge on any atom is -0.479 e.